The molecule has 0 saturated carbocycles. The molecule has 33 heavy (non-hydrogen) atoms. The average molecular weight is 443 g/mol. The molecule has 1 aliphatic heterocycles. The fourth-order valence-electron chi connectivity index (χ4n) is 5.09. The zero-order valence-corrected chi connectivity index (χ0v) is 22.2. The number of hydrogen-bond acceptors (Lipinski definition) is 0. The van der Waals surface area contributed by atoms with Gasteiger partial charge in [0.1, 0.15) is 0 Å². The van der Waals surface area contributed by atoms with Gasteiger partial charge in [-0.1, -0.05) is 39.0 Å². The summed E-state index contributed by atoms with van der Waals surface area (Å²) in [5.74, 6) is 0. The highest BCUT2D eigenvalue weighted by atomic mass is 15.2. The fraction of sp³-hybridized carbons (Fsp3) is 0.484. The lowest BCUT2D eigenvalue weighted by atomic mass is 9.93. The van der Waals surface area contributed by atoms with Crippen LogP contribution < -0.4 is 0 Å². The number of unbranched alkanes of at least 4 members (excludes halogenated alkanes) is 5. The molecule has 0 aromatic heterocycles. The van der Waals surface area contributed by atoms with Gasteiger partial charge >= 0.3 is 0 Å². The molecule has 0 bridgehead atoms. The van der Waals surface area contributed by atoms with Crippen molar-refractivity contribution in [3.63, 3.8) is 0 Å². The molecule has 0 aliphatic carbocycles. The van der Waals surface area contributed by atoms with Gasteiger partial charge in [0.25, 0.3) is 0 Å². The van der Waals surface area contributed by atoms with Crippen LogP contribution in [0, 0.1) is 41.5 Å². The van der Waals surface area contributed by atoms with Gasteiger partial charge in [0.15, 0.2) is 0 Å². The fourth-order valence-corrected chi connectivity index (χ4v) is 5.09. The second-order valence-electron chi connectivity index (χ2n) is 10.1. The molecule has 0 unspecified atom stereocenters. The van der Waals surface area contributed by atoms with E-state index in [0.717, 1.165) is 35.4 Å². The van der Waals surface area contributed by atoms with Crippen LogP contribution in [-0.2, 0) is 0 Å². The summed E-state index contributed by atoms with van der Waals surface area (Å²) in [5.41, 5.74) is 26.0. The van der Waals surface area contributed by atoms with E-state index in [1.54, 1.807) is 0 Å². The molecule has 0 N–H and O–H groups in total. The molecule has 0 fully saturated rings. The summed E-state index contributed by atoms with van der Waals surface area (Å²) in [6.07, 6.45) is 8.65. The first-order valence-corrected chi connectivity index (χ1v) is 12.8. The molecule has 2 aromatic carbocycles. The van der Waals surface area contributed by atoms with E-state index in [2.05, 4.69) is 79.7 Å². The van der Waals surface area contributed by atoms with Gasteiger partial charge < -0.3 is 5.53 Å². The van der Waals surface area contributed by atoms with Crippen molar-refractivity contribution in [2.24, 2.45) is 0 Å². The van der Waals surface area contributed by atoms with Crippen molar-refractivity contribution in [1.82, 2.24) is 0 Å². The summed E-state index contributed by atoms with van der Waals surface area (Å²) in [6, 6.07) is 8.93. The van der Waals surface area contributed by atoms with Crippen LogP contribution in [0.3, 0.4) is 0 Å². The Hall–Kier alpha value is -2.48. The lowest BCUT2D eigenvalue weighted by molar-refractivity contribution is -0.345. The summed E-state index contributed by atoms with van der Waals surface area (Å²) < 4.78 is 1.48. The standard InChI is InChI=1S/C31H42N2/c1-9-10-11-12-13-14-15-29-26(8)30(27-16-20(2)24(6)21(3)17-27)33(32)31(29)28-18-22(4)25(7)23(5)19-28/h16-19H,9-15H2,1-8H3. The zero-order valence-electron chi connectivity index (χ0n) is 22.2. The summed E-state index contributed by atoms with van der Waals surface area (Å²) in [4.78, 5) is 0. The third-order valence-electron chi connectivity index (χ3n) is 7.70. The van der Waals surface area contributed by atoms with Crippen molar-refractivity contribution in [2.45, 2.75) is 100 Å². The van der Waals surface area contributed by atoms with Crippen molar-refractivity contribution >= 4 is 11.4 Å². The molecule has 0 radical (unpaired) electrons. The van der Waals surface area contributed by atoms with E-state index < -0.39 is 0 Å². The Labute approximate surface area is 201 Å². The number of allylic oxidation sites excluding steroid dienone is 2. The van der Waals surface area contributed by atoms with Crippen molar-refractivity contribution in [2.75, 3.05) is 0 Å². The molecule has 3 rings (SSSR count). The molecule has 0 spiro atoms. The van der Waals surface area contributed by atoms with Gasteiger partial charge in [-0.25, -0.2) is 4.70 Å². The van der Waals surface area contributed by atoms with E-state index in [-0.39, 0.29) is 0 Å². The highest BCUT2D eigenvalue weighted by Crippen LogP contribution is 2.43. The third kappa shape index (κ3) is 5.21. The van der Waals surface area contributed by atoms with Crippen LogP contribution in [0.5, 0.6) is 0 Å². The van der Waals surface area contributed by atoms with Crippen LogP contribution in [0.1, 0.15) is 103 Å². The molecule has 1 aliphatic rings. The summed E-state index contributed by atoms with van der Waals surface area (Å²) in [6.45, 7) is 17.5. The minimum atomic E-state index is 0.938. The quantitative estimate of drug-likeness (QED) is 0.273. The van der Waals surface area contributed by atoms with Crippen LogP contribution in [0.25, 0.3) is 16.9 Å². The molecule has 0 amide bonds. The van der Waals surface area contributed by atoms with Gasteiger partial charge in [-0.15, -0.1) is 0 Å². The maximum absolute atomic E-state index is 11.6. The molecule has 0 saturated heterocycles. The summed E-state index contributed by atoms with van der Waals surface area (Å²) >= 11 is 0. The number of rotatable bonds is 9. The Morgan fingerprint density at radius 1 is 0.606 bits per heavy atom. The molecular weight excluding hydrogens is 400 g/mol. The molecule has 0 atom stereocenters. The van der Waals surface area contributed by atoms with Gasteiger partial charge in [-0.05, 0) is 119 Å². The maximum Gasteiger partial charge on any atom is 0.211 e. The van der Waals surface area contributed by atoms with E-state index >= 15 is 0 Å². The Morgan fingerprint density at radius 2 is 1.03 bits per heavy atom. The second kappa shape index (κ2) is 10.6. The van der Waals surface area contributed by atoms with E-state index in [9.17, 15) is 5.53 Å². The Morgan fingerprint density at radius 3 is 1.52 bits per heavy atom. The molecular formula is C31H42N2. The Balaban J connectivity index is 2.04. The van der Waals surface area contributed by atoms with E-state index in [1.807, 2.05) is 0 Å². The normalized spacial score (nSPS) is 14.1. The van der Waals surface area contributed by atoms with Gasteiger partial charge in [0, 0.05) is 22.3 Å². The topological polar surface area (TPSA) is 25.3 Å². The first kappa shape index (κ1) is 25.1. The molecule has 2 heteroatoms. The highest BCUT2D eigenvalue weighted by Gasteiger charge is 2.33. The largest absolute Gasteiger partial charge is 0.493 e. The molecule has 176 valence electrons. The van der Waals surface area contributed by atoms with Gasteiger partial charge in [0.2, 0.25) is 11.4 Å². The maximum atomic E-state index is 11.6. The van der Waals surface area contributed by atoms with Crippen LogP contribution in [-0.4, -0.2) is 4.70 Å². The summed E-state index contributed by atoms with van der Waals surface area (Å²) in [5, 5.41) is 0. The lowest BCUT2D eigenvalue weighted by Crippen LogP contribution is -2.04. The minimum Gasteiger partial charge on any atom is -0.493 e. The Kier molecular flexibility index (Phi) is 8.10. The zero-order chi connectivity index (χ0) is 24.3. The number of benzene rings is 2. The minimum absolute atomic E-state index is 0.938. The van der Waals surface area contributed by atoms with Crippen LogP contribution in [0.15, 0.2) is 35.4 Å². The molecule has 2 nitrogen and oxygen atoms in total. The predicted octanol–water partition coefficient (Wildman–Crippen LogP) is 9.48. The predicted molar refractivity (Wildman–Crippen MR) is 142 cm³/mol. The van der Waals surface area contributed by atoms with Gasteiger partial charge in [-0.3, -0.25) is 0 Å². The van der Waals surface area contributed by atoms with Crippen molar-refractivity contribution in [3.8, 4) is 0 Å². The first-order valence-electron chi connectivity index (χ1n) is 12.8. The Bertz CT molecular complexity index is 1080. The first-order chi connectivity index (χ1) is 15.7. The van der Waals surface area contributed by atoms with Crippen molar-refractivity contribution < 1.29 is 4.70 Å². The average Bonchev–Trinajstić information content (AvgIpc) is 3.01. The highest BCUT2D eigenvalue weighted by molar-refractivity contribution is 5.82. The van der Waals surface area contributed by atoms with Crippen LogP contribution >= 0.6 is 0 Å². The van der Waals surface area contributed by atoms with Crippen LogP contribution in [0.4, 0.5) is 0 Å². The van der Waals surface area contributed by atoms with Gasteiger partial charge in [-0.2, -0.15) is 0 Å². The number of nitrogens with zero attached hydrogens (tertiary/aromatic N) is 2. The smallest absolute Gasteiger partial charge is 0.211 e. The lowest BCUT2D eigenvalue weighted by Gasteiger charge is -2.14. The monoisotopic (exact) mass is 442 g/mol. The summed E-state index contributed by atoms with van der Waals surface area (Å²) in [7, 11) is 0. The number of aryl methyl sites for hydroxylation is 4. The molecule has 1 heterocycles. The van der Waals surface area contributed by atoms with E-state index in [0.29, 0.717) is 0 Å². The second-order valence-corrected chi connectivity index (χ2v) is 10.1. The third-order valence-corrected chi connectivity index (χ3v) is 7.70. The SMILES string of the molecule is CCCCCCCCC1=C(c2cc(C)c(C)c(C)c2)[N+](=[N-])C(c2cc(C)c(C)c(C)c2)=C1C. The number of hydrogen-bond donors (Lipinski definition) is 0. The van der Waals surface area contributed by atoms with Crippen LogP contribution in [0.2, 0.25) is 0 Å². The van der Waals surface area contributed by atoms with Gasteiger partial charge in [0.05, 0.1) is 0 Å². The van der Waals surface area contributed by atoms with Crippen molar-refractivity contribution in [1.29, 1.82) is 0 Å². The van der Waals surface area contributed by atoms with E-state index in [1.165, 1.54) is 81.3 Å². The van der Waals surface area contributed by atoms with E-state index in [4.69, 9.17) is 0 Å². The molecule has 2 aromatic rings. The van der Waals surface area contributed by atoms with Crippen molar-refractivity contribution in [3.05, 3.63) is 85.5 Å².